The molecular formula is C14H16FNO. The van der Waals surface area contributed by atoms with E-state index in [2.05, 4.69) is 6.58 Å². The van der Waals surface area contributed by atoms with E-state index in [1.165, 1.54) is 6.07 Å². The predicted octanol–water partition coefficient (Wildman–Crippen LogP) is 2.92. The second kappa shape index (κ2) is 4.70. The largest absolute Gasteiger partial charge is 0.332 e. The van der Waals surface area contributed by atoms with Gasteiger partial charge in [-0.15, -0.1) is 6.58 Å². The molecule has 2 rings (SSSR count). The van der Waals surface area contributed by atoms with Crippen molar-refractivity contribution in [3.8, 4) is 0 Å². The minimum absolute atomic E-state index is 0.157. The molecule has 0 saturated heterocycles. The van der Waals surface area contributed by atoms with Crippen LogP contribution in [0.15, 0.2) is 30.9 Å². The number of halogens is 1. The zero-order valence-corrected chi connectivity index (χ0v) is 9.95. The molecule has 1 aromatic carbocycles. The monoisotopic (exact) mass is 233 g/mol. The average molecular weight is 233 g/mol. The maximum atomic E-state index is 13.7. The van der Waals surface area contributed by atoms with E-state index in [-0.39, 0.29) is 17.5 Å². The van der Waals surface area contributed by atoms with E-state index >= 15 is 0 Å². The molecule has 1 amide bonds. The summed E-state index contributed by atoms with van der Waals surface area (Å²) in [6, 6.07) is 4.98. The topological polar surface area (TPSA) is 20.3 Å². The van der Waals surface area contributed by atoms with Gasteiger partial charge in [0.15, 0.2) is 0 Å². The number of nitrogens with zero attached hydrogens (tertiary/aromatic N) is 1. The van der Waals surface area contributed by atoms with Crippen LogP contribution >= 0.6 is 0 Å². The Balaban J connectivity index is 2.24. The highest BCUT2D eigenvalue weighted by molar-refractivity contribution is 5.95. The molecule has 0 bridgehead atoms. The van der Waals surface area contributed by atoms with Gasteiger partial charge in [0.25, 0.3) is 5.91 Å². The van der Waals surface area contributed by atoms with E-state index in [1.54, 1.807) is 30.0 Å². The number of amides is 1. The van der Waals surface area contributed by atoms with Crippen LogP contribution in [-0.2, 0) is 0 Å². The molecule has 0 heterocycles. The lowest BCUT2D eigenvalue weighted by Crippen LogP contribution is -2.33. The van der Waals surface area contributed by atoms with Gasteiger partial charge in [-0.05, 0) is 37.5 Å². The first-order valence-electron chi connectivity index (χ1n) is 5.81. The maximum Gasteiger partial charge on any atom is 0.257 e. The van der Waals surface area contributed by atoms with E-state index in [1.807, 2.05) is 0 Å². The van der Waals surface area contributed by atoms with Crippen LogP contribution in [0.1, 0.15) is 28.8 Å². The Morgan fingerprint density at radius 3 is 2.82 bits per heavy atom. The molecule has 1 saturated carbocycles. The van der Waals surface area contributed by atoms with Crippen molar-refractivity contribution in [2.24, 2.45) is 0 Å². The number of carbonyl (C=O) groups excluding carboxylic acids is 1. The Kier molecular flexibility index (Phi) is 3.27. The standard InChI is InChI=1S/C14H16FNO/c1-3-8-16(11-5-6-11)14(17)12-7-4-10(2)9-13(12)15/h3-4,7,9,11H,1,5-6,8H2,2H3. The molecule has 17 heavy (non-hydrogen) atoms. The number of rotatable bonds is 4. The van der Waals surface area contributed by atoms with Crippen molar-refractivity contribution in [2.45, 2.75) is 25.8 Å². The van der Waals surface area contributed by atoms with Crippen molar-refractivity contribution in [2.75, 3.05) is 6.54 Å². The lowest BCUT2D eigenvalue weighted by molar-refractivity contribution is 0.0758. The summed E-state index contributed by atoms with van der Waals surface area (Å²) in [5.74, 6) is -0.672. The number of carbonyl (C=O) groups is 1. The Hall–Kier alpha value is -1.64. The van der Waals surface area contributed by atoms with Crippen LogP contribution in [0.5, 0.6) is 0 Å². The zero-order valence-electron chi connectivity index (χ0n) is 9.95. The molecular weight excluding hydrogens is 217 g/mol. The molecule has 0 spiro atoms. The molecule has 0 N–H and O–H groups in total. The summed E-state index contributed by atoms with van der Waals surface area (Å²) in [4.78, 5) is 13.9. The van der Waals surface area contributed by atoms with Crippen molar-refractivity contribution in [3.05, 3.63) is 47.8 Å². The molecule has 2 nitrogen and oxygen atoms in total. The maximum absolute atomic E-state index is 13.7. The second-order valence-corrected chi connectivity index (χ2v) is 4.46. The van der Waals surface area contributed by atoms with E-state index in [0.717, 1.165) is 18.4 Å². The average Bonchev–Trinajstić information content (AvgIpc) is 3.09. The van der Waals surface area contributed by atoms with Gasteiger partial charge < -0.3 is 4.90 Å². The zero-order chi connectivity index (χ0) is 12.4. The van der Waals surface area contributed by atoms with Gasteiger partial charge in [0.1, 0.15) is 5.82 Å². The van der Waals surface area contributed by atoms with Gasteiger partial charge in [0, 0.05) is 12.6 Å². The van der Waals surface area contributed by atoms with Crippen molar-refractivity contribution in [1.82, 2.24) is 4.90 Å². The van der Waals surface area contributed by atoms with Gasteiger partial charge in [-0.2, -0.15) is 0 Å². The third-order valence-electron chi connectivity index (χ3n) is 2.93. The van der Waals surface area contributed by atoms with Crippen LogP contribution in [0.25, 0.3) is 0 Å². The van der Waals surface area contributed by atoms with Gasteiger partial charge >= 0.3 is 0 Å². The predicted molar refractivity (Wildman–Crippen MR) is 65.4 cm³/mol. The number of benzene rings is 1. The van der Waals surface area contributed by atoms with Crippen LogP contribution < -0.4 is 0 Å². The molecule has 3 heteroatoms. The molecule has 1 aliphatic rings. The van der Waals surface area contributed by atoms with Crippen LogP contribution in [0.2, 0.25) is 0 Å². The molecule has 1 fully saturated rings. The summed E-state index contributed by atoms with van der Waals surface area (Å²) in [5.41, 5.74) is 0.977. The highest BCUT2D eigenvalue weighted by Crippen LogP contribution is 2.28. The van der Waals surface area contributed by atoms with Gasteiger partial charge in [-0.25, -0.2) is 4.39 Å². The van der Waals surface area contributed by atoms with Crippen molar-refractivity contribution >= 4 is 5.91 Å². The molecule has 0 aliphatic heterocycles. The molecule has 0 aromatic heterocycles. The van der Waals surface area contributed by atoms with Crippen LogP contribution in [0, 0.1) is 12.7 Å². The Labute approximate surface area is 101 Å². The molecule has 0 atom stereocenters. The highest BCUT2D eigenvalue weighted by Gasteiger charge is 2.33. The SMILES string of the molecule is C=CCN(C(=O)c1ccc(C)cc1F)C1CC1. The normalized spacial score (nSPS) is 14.5. The van der Waals surface area contributed by atoms with E-state index in [0.29, 0.717) is 6.54 Å². The lowest BCUT2D eigenvalue weighted by atomic mass is 10.1. The molecule has 90 valence electrons. The fourth-order valence-electron chi connectivity index (χ4n) is 1.87. The summed E-state index contributed by atoms with van der Waals surface area (Å²) in [6.07, 6.45) is 3.70. The summed E-state index contributed by atoms with van der Waals surface area (Å²) < 4.78 is 13.7. The summed E-state index contributed by atoms with van der Waals surface area (Å²) >= 11 is 0. The smallest absolute Gasteiger partial charge is 0.257 e. The first kappa shape index (κ1) is 11.8. The summed E-state index contributed by atoms with van der Waals surface area (Å²) in [5, 5.41) is 0. The van der Waals surface area contributed by atoms with E-state index < -0.39 is 5.82 Å². The number of aryl methyl sites for hydroxylation is 1. The minimum Gasteiger partial charge on any atom is -0.332 e. The Bertz CT molecular complexity index is 452. The van der Waals surface area contributed by atoms with E-state index in [4.69, 9.17) is 0 Å². The highest BCUT2D eigenvalue weighted by atomic mass is 19.1. The Morgan fingerprint density at radius 2 is 2.29 bits per heavy atom. The van der Waals surface area contributed by atoms with Gasteiger partial charge in [0.05, 0.1) is 5.56 Å². The van der Waals surface area contributed by atoms with Crippen molar-refractivity contribution in [1.29, 1.82) is 0 Å². The van der Waals surface area contributed by atoms with E-state index in [9.17, 15) is 9.18 Å². The molecule has 1 aliphatic carbocycles. The van der Waals surface area contributed by atoms with Crippen LogP contribution in [-0.4, -0.2) is 23.4 Å². The van der Waals surface area contributed by atoms with Crippen molar-refractivity contribution in [3.63, 3.8) is 0 Å². The van der Waals surface area contributed by atoms with Gasteiger partial charge in [0.2, 0.25) is 0 Å². The first-order chi connectivity index (χ1) is 8.13. The fraction of sp³-hybridized carbons (Fsp3) is 0.357. The summed E-state index contributed by atoms with van der Waals surface area (Å²) in [6.45, 7) is 5.92. The minimum atomic E-state index is -0.440. The third kappa shape index (κ3) is 2.54. The lowest BCUT2D eigenvalue weighted by Gasteiger charge is -2.21. The van der Waals surface area contributed by atoms with Crippen LogP contribution in [0.3, 0.4) is 0 Å². The summed E-state index contributed by atoms with van der Waals surface area (Å²) in [7, 11) is 0. The van der Waals surface area contributed by atoms with Gasteiger partial charge in [-0.1, -0.05) is 12.1 Å². The molecule has 1 aromatic rings. The number of hydrogen-bond acceptors (Lipinski definition) is 1. The van der Waals surface area contributed by atoms with Gasteiger partial charge in [-0.3, -0.25) is 4.79 Å². The second-order valence-electron chi connectivity index (χ2n) is 4.46. The third-order valence-corrected chi connectivity index (χ3v) is 2.93. The quantitative estimate of drug-likeness (QED) is 0.732. The first-order valence-corrected chi connectivity index (χ1v) is 5.81. The molecule has 0 unspecified atom stereocenters. The van der Waals surface area contributed by atoms with Crippen LogP contribution in [0.4, 0.5) is 4.39 Å². The fourth-order valence-corrected chi connectivity index (χ4v) is 1.87. The van der Waals surface area contributed by atoms with Crippen molar-refractivity contribution < 1.29 is 9.18 Å². The molecule has 0 radical (unpaired) electrons. The Morgan fingerprint density at radius 1 is 1.59 bits per heavy atom. The number of hydrogen-bond donors (Lipinski definition) is 0.